The molecule has 21 heavy (non-hydrogen) atoms. The van der Waals surface area contributed by atoms with Gasteiger partial charge < -0.3 is 15.2 Å². The van der Waals surface area contributed by atoms with Crippen LogP contribution in [0, 0.1) is 6.92 Å². The van der Waals surface area contributed by atoms with Crippen LogP contribution in [0.4, 0.5) is 0 Å². The lowest BCUT2D eigenvalue weighted by Crippen LogP contribution is -2.34. The summed E-state index contributed by atoms with van der Waals surface area (Å²) in [6, 6.07) is 3.46. The number of aryl methyl sites for hydroxylation is 1. The summed E-state index contributed by atoms with van der Waals surface area (Å²) in [7, 11) is 1.67. The smallest absolute Gasteiger partial charge is 0.323 e. The number of esters is 1. The summed E-state index contributed by atoms with van der Waals surface area (Å²) in [6.07, 6.45) is 0.470. The highest BCUT2D eigenvalue weighted by Crippen LogP contribution is 2.33. The highest BCUT2D eigenvalue weighted by molar-refractivity contribution is 5.76. The Labute approximate surface area is 127 Å². The van der Waals surface area contributed by atoms with Gasteiger partial charge in [-0.3, -0.25) is 4.79 Å². The first kappa shape index (κ1) is 17.5. The maximum Gasteiger partial charge on any atom is 0.323 e. The lowest BCUT2D eigenvalue weighted by molar-refractivity contribution is -0.144. The van der Waals surface area contributed by atoms with Crippen molar-refractivity contribution in [3.63, 3.8) is 0 Å². The van der Waals surface area contributed by atoms with Crippen molar-refractivity contribution in [2.45, 2.75) is 52.5 Å². The molecule has 0 amide bonds. The number of nitrogens with two attached hydrogens (primary N) is 1. The lowest BCUT2D eigenvalue weighted by Gasteiger charge is -2.24. The van der Waals surface area contributed by atoms with Gasteiger partial charge in [0.25, 0.3) is 0 Å². The SMILES string of the molecule is CCOC(=O)C(N)Cc1cc(C(C)(C)C)c(OC)cc1C. The van der Waals surface area contributed by atoms with Crippen molar-refractivity contribution in [1.82, 2.24) is 0 Å². The molecule has 1 unspecified atom stereocenters. The molecule has 1 rings (SSSR count). The number of ether oxygens (including phenoxy) is 2. The highest BCUT2D eigenvalue weighted by Gasteiger charge is 2.22. The summed E-state index contributed by atoms with van der Waals surface area (Å²) in [5, 5.41) is 0. The molecule has 0 aliphatic rings. The summed E-state index contributed by atoms with van der Waals surface area (Å²) < 4.78 is 10.4. The average Bonchev–Trinajstić information content (AvgIpc) is 2.39. The fourth-order valence-corrected chi connectivity index (χ4v) is 2.27. The second-order valence-corrected chi connectivity index (χ2v) is 6.29. The Kier molecular flexibility index (Phi) is 5.78. The molecule has 1 atom stereocenters. The van der Waals surface area contributed by atoms with Crippen molar-refractivity contribution in [3.05, 3.63) is 28.8 Å². The molecule has 4 heteroatoms. The monoisotopic (exact) mass is 293 g/mol. The molecule has 1 aromatic carbocycles. The molecule has 0 aliphatic carbocycles. The van der Waals surface area contributed by atoms with Gasteiger partial charge in [0.05, 0.1) is 13.7 Å². The van der Waals surface area contributed by atoms with Gasteiger partial charge in [-0.1, -0.05) is 26.8 Å². The van der Waals surface area contributed by atoms with Crippen molar-refractivity contribution in [2.24, 2.45) is 5.73 Å². The lowest BCUT2D eigenvalue weighted by atomic mass is 9.83. The number of carbonyl (C=O) groups excluding carboxylic acids is 1. The molecule has 0 radical (unpaired) electrons. The fraction of sp³-hybridized carbons (Fsp3) is 0.588. The maximum atomic E-state index is 11.7. The van der Waals surface area contributed by atoms with Gasteiger partial charge in [0.15, 0.2) is 0 Å². The summed E-state index contributed by atoms with van der Waals surface area (Å²) in [4.78, 5) is 11.7. The minimum absolute atomic E-state index is 0.0399. The molecular formula is C17H27NO3. The molecule has 0 aliphatic heterocycles. The van der Waals surface area contributed by atoms with E-state index in [0.717, 1.165) is 22.4 Å². The molecule has 1 aromatic rings. The Balaban J connectivity index is 3.11. The third-order valence-corrected chi connectivity index (χ3v) is 3.50. The minimum atomic E-state index is -0.634. The quantitative estimate of drug-likeness (QED) is 0.848. The molecule has 0 bridgehead atoms. The van der Waals surface area contributed by atoms with E-state index in [0.29, 0.717) is 13.0 Å². The maximum absolute atomic E-state index is 11.7. The fourth-order valence-electron chi connectivity index (χ4n) is 2.27. The third kappa shape index (κ3) is 4.46. The number of carbonyl (C=O) groups is 1. The Morgan fingerprint density at radius 1 is 1.33 bits per heavy atom. The van der Waals surface area contributed by atoms with Crippen LogP contribution in [0.25, 0.3) is 0 Å². The predicted octanol–water partition coefficient (Wildman–Crippen LogP) is 2.73. The number of benzene rings is 1. The van der Waals surface area contributed by atoms with Crippen molar-refractivity contribution in [2.75, 3.05) is 13.7 Å². The number of hydrogen-bond acceptors (Lipinski definition) is 4. The van der Waals surface area contributed by atoms with E-state index in [-0.39, 0.29) is 11.4 Å². The molecule has 2 N–H and O–H groups in total. The highest BCUT2D eigenvalue weighted by atomic mass is 16.5. The van der Waals surface area contributed by atoms with Crippen LogP contribution in [0.2, 0.25) is 0 Å². The number of hydrogen-bond donors (Lipinski definition) is 1. The first-order chi connectivity index (χ1) is 9.70. The summed E-state index contributed by atoms with van der Waals surface area (Å²) >= 11 is 0. The normalized spacial score (nSPS) is 12.9. The molecule has 0 saturated carbocycles. The van der Waals surface area contributed by atoms with Crippen LogP contribution in [0.3, 0.4) is 0 Å². The van der Waals surface area contributed by atoms with Crippen molar-refractivity contribution < 1.29 is 14.3 Å². The Morgan fingerprint density at radius 3 is 2.43 bits per heavy atom. The van der Waals surface area contributed by atoms with Crippen LogP contribution in [-0.2, 0) is 21.4 Å². The first-order valence-corrected chi connectivity index (χ1v) is 7.30. The van der Waals surface area contributed by atoms with Crippen molar-refractivity contribution in [1.29, 1.82) is 0 Å². The van der Waals surface area contributed by atoms with Gasteiger partial charge in [0, 0.05) is 0 Å². The van der Waals surface area contributed by atoms with E-state index in [9.17, 15) is 4.79 Å². The summed E-state index contributed by atoms with van der Waals surface area (Å²) in [5.41, 5.74) is 9.13. The third-order valence-electron chi connectivity index (χ3n) is 3.50. The van der Waals surface area contributed by atoms with E-state index in [1.165, 1.54) is 0 Å². The van der Waals surface area contributed by atoms with Gasteiger partial charge >= 0.3 is 5.97 Å². The van der Waals surface area contributed by atoms with E-state index in [1.807, 2.05) is 13.0 Å². The van der Waals surface area contributed by atoms with Crippen LogP contribution >= 0.6 is 0 Å². The van der Waals surface area contributed by atoms with E-state index in [4.69, 9.17) is 15.2 Å². The van der Waals surface area contributed by atoms with Crippen molar-refractivity contribution >= 4 is 5.97 Å². The molecule has 0 fully saturated rings. The minimum Gasteiger partial charge on any atom is -0.496 e. The van der Waals surface area contributed by atoms with Gasteiger partial charge in [0.2, 0.25) is 0 Å². The predicted molar refractivity (Wildman–Crippen MR) is 84.7 cm³/mol. The first-order valence-electron chi connectivity index (χ1n) is 7.30. The molecular weight excluding hydrogens is 266 g/mol. The van der Waals surface area contributed by atoms with Gasteiger partial charge in [-0.05, 0) is 48.4 Å². The van der Waals surface area contributed by atoms with Crippen LogP contribution in [0.5, 0.6) is 5.75 Å². The van der Waals surface area contributed by atoms with Gasteiger partial charge in [-0.15, -0.1) is 0 Å². The van der Waals surface area contributed by atoms with E-state index in [2.05, 4.69) is 26.8 Å². The summed E-state index contributed by atoms with van der Waals surface area (Å²) in [5.74, 6) is 0.512. The Hall–Kier alpha value is -1.55. The molecule has 0 heterocycles. The number of rotatable bonds is 5. The zero-order valence-corrected chi connectivity index (χ0v) is 13.9. The molecule has 118 valence electrons. The van der Waals surface area contributed by atoms with Crippen LogP contribution in [0.15, 0.2) is 12.1 Å². The standard InChI is InChI=1S/C17H27NO3/c1-7-21-16(19)14(18)10-12-9-13(17(3,4)5)15(20-6)8-11(12)2/h8-9,14H,7,10,18H2,1-6H3. The van der Waals surface area contributed by atoms with Crippen LogP contribution < -0.4 is 10.5 Å². The zero-order chi connectivity index (χ0) is 16.2. The summed E-state index contributed by atoms with van der Waals surface area (Å²) in [6.45, 7) is 10.5. The van der Waals surface area contributed by atoms with E-state index in [1.54, 1.807) is 14.0 Å². The molecule has 4 nitrogen and oxygen atoms in total. The van der Waals surface area contributed by atoms with Crippen LogP contribution in [-0.4, -0.2) is 25.7 Å². The average molecular weight is 293 g/mol. The second-order valence-electron chi connectivity index (χ2n) is 6.29. The van der Waals surface area contributed by atoms with E-state index < -0.39 is 6.04 Å². The number of methoxy groups -OCH3 is 1. The molecule has 0 aromatic heterocycles. The van der Waals surface area contributed by atoms with Crippen molar-refractivity contribution in [3.8, 4) is 5.75 Å². The van der Waals surface area contributed by atoms with Gasteiger partial charge in [-0.2, -0.15) is 0 Å². The Morgan fingerprint density at radius 2 is 1.95 bits per heavy atom. The largest absolute Gasteiger partial charge is 0.496 e. The second kappa shape index (κ2) is 6.94. The van der Waals surface area contributed by atoms with Gasteiger partial charge in [0.1, 0.15) is 11.8 Å². The van der Waals surface area contributed by atoms with E-state index >= 15 is 0 Å². The Bertz CT molecular complexity index is 503. The topological polar surface area (TPSA) is 61.5 Å². The zero-order valence-electron chi connectivity index (χ0n) is 13.9. The van der Waals surface area contributed by atoms with Crippen LogP contribution in [0.1, 0.15) is 44.4 Å². The van der Waals surface area contributed by atoms with Gasteiger partial charge in [-0.25, -0.2) is 0 Å². The molecule has 0 spiro atoms. The molecule has 0 saturated heterocycles.